The van der Waals surface area contributed by atoms with Crippen LogP contribution < -0.4 is 15.3 Å². The molecular weight excluding hydrogens is 588 g/mol. The Labute approximate surface area is 243 Å². The summed E-state index contributed by atoms with van der Waals surface area (Å²) < 4.78 is 123. The molecule has 1 aliphatic rings. The summed E-state index contributed by atoms with van der Waals surface area (Å²) in [7, 11) is 5.66. The average molecular weight is 615 g/mol. The van der Waals surface area contributed by atoms with E-state index in [0.29, 0.717) is 37.3 Å². The maximum absolute atomic E-state index is 13.8. The lowest BCUT2D eigenvalue weighted by Gasteiger charge is -2.30. The monoisotopic (exact) mass is 615 g/mol. The third kappa shape index (κ3) is 8.32. The van der Waals surface area contributed by atoms with Crippen molar-refractivity contribution in [2.24, 2.45) is 5.92 Å². The number of hydrogen-bond acceptors (Lipinski definition) is 5. The van der Waals surface area contributed by atoms with Gasteiger partial charge in [0.1, 0.15) is 13.7 Å². The number of alkyl halides is 9. The number of anilines is 2. The predicted molar refractivity (Wildman–Crippen MR) is 143 cm³/mol. The fourth-order valence-corrected chi connectivity index (χ4v) is 5.16. The van der Waals surface area contributed by atoms with Gasteiger partial charge in [0.25, 0.3) is 0 Å². The number of aromatic nitrogens is 3. The molecule has 0 N–H and O–H groups in total. The lowest BCUT2D eigenvalue weighted by molar-refractivity contribution is -0.143. The number of halogens is 9. The number of hydrogen-bond donors (Lipinski definition) is 0. The van der Waals surface area contributed by atoms with Crippen molar-refractivity contribution >= 4 is 25.1 Å². The molecule has 1 fully saturated rings. The standard InChI is InChI=1S/C28H27BF9N5/c1-2-42(14-17-5-3-4-6-17)24-19(9-22(11-39-24)28(36,37)38)16-43(25-40-12-23(29)13-41-25)15-18-7-20(26(30,31)32)10-21(8-18)27(33,34)35/h7-13,17H,2-6,14-16H2,1H3. The molecule has 1 aliphatic carbocycles. The highest BCUT2D eigenvalue weighted by Gasteiger charge is 2.37. The van der Waals surface area contributed by atoms with Gasteiger partial charge in [0.2, 0.25) is 5.95 Å². The smallest absolute Gasteiger partial charge is 0.356 e. The molecule has 1 saturated carbocycles. The van der Waals surface area contributed by atoms with Crippen LogP contribution in [0.4, 0.5) is 51.3 Å². The summed E-state index contributed by atoms with van der Waals surface area (Å²) in [6.07, 6.45) is -7.89. The first-order valence-corrected chi connectivity index (χ1v) is 13.5. The van der Waals surface area contributed by atoms with Gasteiger partial charge in [0, 0.05) is 50.3 Å². The summed E-state index contributed by atoms with van der Waals surface area (Å²) in [6.45, 7) is 1.75. The number of nitrogens with zero attached hydrogens (tertiary/aromatic N) is 5. The third-order valence-corrected chi connectivity index (χ3v) is 7.23. The van der Waals surface area contributed by atoms with Crippen molar-refractivity contribution in [1.29, 1.82) is 0 Å². The van der Waals surface area contributed by atoms with E-state index < -0.39 is 53.9 Å². The first-order chi connectivity index (χ1) is 20.0. The van der Waals surface area contributed by atoms with Crippen LogP contribution in [0.25, 0.3) is 0 Å². The fraction of sp³-hybridized carbons (Fsp3) is 0.464. The van der Waals surface area contributed by atoms with E-state index in [4.69, 9.17) is 7.85 Å². The van der Waals surface area contributed by atoms with Crippen molar-refractivity contribution in [3.8, 4) is 0 Å². The average Bonchev–Trinajstić information content (AvgIpc) is 3.43. The molecule has 0 spiro atoms. The van der Waals surface area contributed by atoms with Crippen LogP contribution >= 0.6 is 0 Å². The molecule has 0 unspecified atom stereocenters. The third-order valence-electron chi connectivity index (χ3n) is 7.23. The van der Waals surface area contributed by atoms with Gasteiger partial charge in [-0.15, -0.1) is 0 Å². The van der Waals surface area contributed by atoms with Gasteiger partial charge in [-0.25, -0.2) is 15.0 Å². The summed E-state index contributed by atoms with van der Waals surface area (Å²) in [4.78, 5) is 15.3. The maximum atomic E-state index is 13.8. The minimum Gasteiger partial charge on any atom is -0.356 e. The molecule has 0 amide bonds. The Hall–Kier alpha value is -3.52. The molecule has 2 radical (unpaired) electrons. The molecule has 0 saturated heterocycles. The van der Waals surface area contributed by atoms with Gasteiger partial charge in [-0.1, -0.05) is 18.3 Å². The topological polar surface area (TPSA) is 45.2 Å². The Bertz CT molecular complexity index is 1350. The van der Waals surface area contributed by atoms with Gasteiger partial charge < -0.3 is 9.80 Å². The zero-order chi connectivity index (χ0) is 31.6. The van der Waals surface area contributed by atoms with E-state index in [1.807, 2.05) is 11.8 Å². The minimum absolute atomic E-state index is 0.00450. The molecule has 0 atom stereocenters. The number of pyridine rings is 1. The lowest BCUT2D eigenvalue weighted by atomic mass is 10.0. The van der Waals surface area contributed by atoms with Crippen LogP contribution in [-0.2, 0) is 31.6 Å². The van der Waals surface area contributed by atoms with Crippen LogP contribution in [-0.4, -0.2) is 35.9 Å². The first kappa shape index (κ1) is 32.4. The molecule has 2 aromatic heterocycles. The lowest BCUT2D eigenvalue weighted by Crippen LogP contribution is -2.32. The van der Waals surface area contributed by atoms with Crippen LogP contribution in [0.15, 0.2) is 42.9 Å². The van der Waals surface area contributed by atoms with Crippen LogP contribution in [0.5, 0.6) is 0 Å². The van der Waals surface area contributed by atoms with Gasteiger partial charge in [0.15, 0.2) is 0 Å². The van der Waals surface area contributed by atoms with Crippen molar-refractivity contribution in [3.63, 3.8) is 0 Å². The van der Waals surface area contributed by atoms with E-state index >= 15 is 0 Å². The van der Waals surface area contributed by atoms with Gasteiger partial charge in [-0.05, 0) is 55.5 Å². The molecule has 43 heavy (non-hydrogen) atoms. The quantitative estimate of drug-likeness (QED) is 0.193. The van der Waals surface area contributed by atoms with Gasteiger partial charge >= 0.3 is 18.5 Å². The number of rotatable bonds is 9. The van der Waals surface area contributed by atoms with E-state index in [2.05, 4.69) is 15.0 Å². The summed E-state index contributed by atoms with van der Waals surface area (Å²) in [6, 6.07) is 2.01. The van der Waals surface area contributed by atoms with Crippen molar-refractivity contribution in [1.82, 2.24) is 15.0 Å². The Balaban J connectivity index is 1.81. The van der Waals surface area contributed by atoms with Gasteiger partial charge in [-0.2, -0.15) is 39.5 Å². The molecule has 2 heterocycles. The molecule has 0 aliphatic heterocycles. The van der Waals surface area contributed by atoms with E-state index in [1.165, 1.54) is 17.3 Å². The summed E-state index contributed by atoms with van der Waals surface area (Å²) >= 11 is 0. The highest BCUT2D eigenvalue weighted by Crippen LogP contribution is 2.38. The first-order valence-electron chi connectivity index (χ1n) is 13.5. The normalized spacial score (nSPS) is 14.7. The summed E-state index contributed by atoms with van der Waals surface area (Å²) in [5.41, 5.74) is -4.33. The second-order valence-electron chi connectivity index (χ2n) is 10.5. The highest BCUT2D eigenvalue weighted by atomic mass is 19.4. The fourth-order valence-electron chi connectivity index (χ4n) is 5.16. The molecule has 230 valence electrons. The molecule has 0 bridgehead atoms. The molecule has 5 nitrogen and oxygen atoms in total. The summed E-state index contributed by atoms with van der Waals surface area (Å²) in [5.74, 6) is 0.365. The highest BCUT2D eigenvalue weighted by molar-refractivity contribution is 6.31. The Morgan fingerprint density at radius 1 is 0.721 bits per heavy atom. The van der Waals surface area contributed by atoms with Crippen LogP contribution in [0.3, 0.4) is 0 Å². The molecule has 4 rings (SSSR count). The van der Waals surface area contributed by atoms with Gasteiger partial charge in [-0.3, -0.25) is 0 Å². The van der Waals surface area contributed by atoms with Crippen molar-refractivity contribution in [2.45, 2.75) is 64.2 Å². The minimum atomic E-state index is -5.08. The molecule has 3 aromatic rings. The zero-order valence-electron chi connectivity index (χ0n) is 23.0. The van der Waals surface area contributed by atoms with Crippen molar-refractivity contribution < 1.29 is 39.5 Å². The van der Waals surface area contributed by atoms with Crippen LogP contribution in [0.2, 0.25) is 0 Å². The van der Waals surface area contributed by atoms with Crippen LogP contribution in [0, 0.1) is 5.92 Å². The predicted octanol–water partition coefficient (Wildman–Crippen LogP) is 6.95. The maximum Gasteiger partial charge on any atom is 0.417 e. The molecule has 1 aromatic carbocycles. The van der Waals surface area contributed by atoms with E-state index in [0.717, 1.165) is 31.7 Å². The molecule has 15 heteroatoms. The second-order valence-corrected chi connectivity index (χ2v) is 10.5. The van der Waals surface area contributed by atoms with E-state index in [9.17, 15) is 39.5 Å². The van der Waals surface area contributed by atoms with E-state index in [-0.39, 0.29) is 28.9 Å². The second kappa shape index (κ2) is 12.6. The number of benzene rings is 1. The van der Waals surface area contributed by atoms with Crippen molar-refractivity contribution in [3.05, 3.63) is 70.7 Å². The zero-order valence-corrected chi connectivity index (χ0v) is 23.0. The van der Waals surface area contributed by atoms with Gasteiger partial charge in [0.05, 0.1) is 16.7 Å². The van der Waals surface area contributed by atoms with Crippen molar-refractivity contribution in [2.75, 3.05) is 22.9 Å². The largest absolute Gasteiger partial charge is 0.417 e. The summed E-state index contributed by atoms with van der Waals surface area (Å²) in [5, 5.41) is 0. The SMILES string of the molecule is [B]c1cnc(N(Cc2cc(C(F)(F)F)cc(C(F)(F)F)c2)Cc2cc(C(F)(F)F)cnc2N(CC)CC2CCCC2)nc1. The van der Waals surface area contributed by atoms with E-state index in [1.54, 1.807) is 0 Å². The Morgan fingerprint density at radius 2 is 1.28 bits per heavy atom. The van der Waals surface area contributed by atoms with Crippen LogP contribution in [0.1, 0.15) is 60.4 Å². The molecular formula is C28H27BF9N5. The Kier molecular flexibility index (Phi) is 9.50. The Morgan fingerprint density at radius 3 is 1.79 bits per heavy atom.